The van der Waals surface area contributed by atoms with Gasteiger partial charge in [0.1, 0.15) is 0 Å². The van der Waals surface area contributed by atoms with Crippen LogP contribution in [0.5, 0.6) is 0 Å². The lowest BCUT2D eigenvalue weighted by Crippen LogP contribution is -2.54. The summed E-state index contributed by atoms with van der Waals surface area (Å²) in [5, 5.41) is 21.2. The van der Waals surface area contributed by atoms with Gasteiger partial charge in [-0.3, -0.25) is 4.79 Å². The summed E-state index contributed by atoms with van der Waals surface area (Å²) in [4.78, 5) is 11.8. The number of benzene rings is 1. The molecule has 1 amide bonds. The fourth-order valence-corrected chi connectivity index (χ4v) is 2.55. The number of rotatable bonds is 9. The van der Waals surface area contributed by atoms with Gasteiger partial charge < -0.3 is 15.5 Å². The lowest BCUT2D eigenvalue weighted by Gasteiger charge is -2.29. The second kappa shape index (κ2) is 9.00. The van der Waals surface area contributed by atoms with Crippen molar-refractivity contribution in [2.45, 2.75) is 25.3 Å². The smallest absolute Gasteiger partial charge is 0.230 e. The van der Waals surface area contributed by atoms with E-state index >= 15 is 0 Å². The zero-order valence-electron chi connectivity index (χ0n) is 11.8. The molecule has 0 saturated carbocycles. The molecular weight excluding hydrogens is 274 g/mol. The molecule has 112 valence electrons. The van der Waals surface area contributed by atoms with E-state index in [1.54, 1.807) is 11.8 Å². The van der Waals surface area contributed by atoms with Crippen LogP contribution in [0, 0.1) is 0 Å². The minimum absolute atomic E-state index is 0.145. The number of amides is 1. The van der Waals surface area contributed by atoms with E-state index in [2.05, 4.69) is 17.4 Å². The van der Waals surface area contributed by atoms with Gasteiger partial charge in [-0.15, -0.1) is 0 Å². The average molecular weight is 297 g/mol. The van der Waals surface area contributed by atoms with Crippen LogP contribution in [-0.2, 0) is 11.2 Å². The molecule has 4 nitrogen and oxygen atoms in total. The second-order valence-electron chi connectivity index (χ2n) is 4.79. The number of aliphatic hydroxyl groups is 2. The summed E-state index contributed by atoms with van der Waals surface area (Å²) in [5.41, 5.74) is 0.367. The lowest BCUT2D eigenvalue weighted by atomic mass is 9.99. The Morgan fingerprint density at radius 1 is 1.25 bits per heavy atom. The fourth-order valence-electron chi connectivity index (χ4n) is 1.77. The zero-order valence-corrected chi connectivity index (χ0v) is 12.7. The van der Waals surface area contributed by atoms with E-state index in [4.69, 9.17) is 0 Å². The first kappa shape index (κ1) is 17.0. The maximum atomic E-state index is 11.8. The van der Waals surface area contributed by atoms with Gasteiger partial charge in [-0.1, -0.05) is 37.3 Å². The first-order valence-corrected chi connectivity index (χ1v) is 7.95. The zero-order chi connectivity index (χ0) is 14.8. The highest BCUT2D eigenvalue weighted by molar-refractivity contribution is 7.99. The van der Waals surface area contributed by atoms with Crippen LogP contribution >= 0.6 is 11.8 Å². The van der Waals surface area contributed by atoms with Crippen molar-refractivity contribution in [2.24, 2.45) is 0 Å². The van der Waals surface area contributed by atoms with Gasteiger partial charge in [0.25, 0.3) is 0 Å². The maximum Gasteiger partial charge on any atom is 0.230 e. The largest absolute Gasteiger partial charge is 0.394 e. The summed E-state index contributed by atoms with van der Waals surface area (Å²) in [6.45, 7) is 1.33. The molecule has 0 bridgehead atoms. The van der Waals surface area contributed by atoms with Crippen LogP contribution in [0.4, 0.5) is 0 Å². The van der Waals surface area contributed by atoms with Crippen molar-refractivity contribution in [2.75, 3.05) is 24.7 Å². The molecular formula is C15H23NO3S. The average Bonchev–Trinajstić information content (AvgIpc) is 2.50. The molecule has 1 aromatic carbocycles. The Hall–Kier alpha value is -1.04. The van der Waals surface area contributed by atoms with E-state index in [9.17, 15) is 15.0 Å². The molecule has 0 aromatic heterocycles. The number of hydrogen-bond acceptors (Lipinski definition) is 4. The number of nitrogens with one attached hydrogen (secondary N) is 1. The van der Waals surface area contributed by atoms with Gasteiger partial charge in [0.05, 0.1) is 24.5 Å². The van der Waals surface area contributed by atoms with Crippen molar-refractivity contribution in [1.29, 1.82) is 0 Å². The normalized spacial score (nSPS) is 11.3. The lowest BCUT2D eigenvalue weighted by molar-refractivity contribution is -0.121. The standard InChI is InChI=1S/C15H23NO3S/c1-2-15(11-17,12-18)16-14(19)10-20-9-8-13-6-4-3-5-7-13/h3-7,17-18H,2,8-12H2,1H3,(H,16,19). The van der Waals surface area contributed by atoms with Crippen molar-refractivity contribution < 1.29 is 15.0 Å². The number of aliphatic hydroxyl groups excluding tert-OH is 2. The number of hydrogen-bond donors (Lipinski definition) is 3. The number of carbonyl (C=O) groups excluding carboxylic acids is 1. The molecule has 20 heavy (non-hydrogen) atoms. The predicted molar refractivity (Wildman–Crippen MR) is 82.8 cm³/mol. The molecule has 0 atom stereocenters. The maximum absolute atomic E-state index is 11.8. The Kier molecular flexibility index (Phi) is 7.65. The van der Waals surface area contributed by atoms with E-state index in [0.29, 0.717) is 12.2 Å². The van der Waals surface area contributed by atoms with Gasteiger partial charge >= 0.3 is 0 Å². The van der Waals surface area contributed by atoms with Crippen molar-refractivity contribution >= 4 is 17.7 Å². The monoisotopic (exact) mass is 297 g/mol. The molecule has 0 fully saturated rings. The van der Waals surface area contributed by atoms with Crippen molar-refractivity contribution in [3.63, 3.8) is 0 Å². The minimum Gasteiger partial charge on any atom is -0.394 e. The van der Waals surface area contributed by atoms with Crippen LogP contribution in [0.2, 0.25) is 0 Å². The first-order chi connectivity index (χ1) is 9.65. The topological polar surface area (TPSA) is 69.6 Å². The molecule has 0 radical (unpaired) electrons. The van der Waals surface area contributed by atoms with Gasteiger partial charge in [-0.25, -0.2) is 0 Å². The fraction of sp³-hybridized carbons (Fsp3) is 0.533. The molecule has 5 heteroatoms. The summed E-state index contributed by atoms with van der Waals surface area (Å²) in [6.07, 6.45) is 1.43. The summed E-state index contributed by atoms with van der Waals surface area (Å²) >= 11 is 1.55. The van der Waals surface area contributed by atoms with Crippen LogP contribution in [0.15, 0.2) is 30.3 Å². The predicted octanol–water partition coefficient (Wildman–Crippen LogP) is 1.21. The number of carbonyl (C=O) groups is 1. The number of aryl methyl sites for hydroxylation is 1. The molecule has 0 unspecified atom stereocenters. The molecule has 1 rings (SSSR count). The molecule has 0 spiro atoms. The SMILES string of the molecule is CCC(CO)(CO)NC(=O)CSCCc1ccccc1. The van der Waals surface area contributed by atoms with Crippen molar-refractivity contribution in [3.05, 3.63) is 35.9 Å². The molecule has 3 N–H and O–H groups in total. The second-order valence-corrected chi connectivity index (χ2v) is 5.89. The third-order valence-electron chi connectivity index (χ3n) is 3.30. The highest BCUT2D eigenvalue weighted by atomic mass is 32.2. The van der Waals surface area contributed by atoms with E-state index in [1.807, 2.05) is 25.1 Å². The third-order valence-corrected chi connectivity index (χ3v) is 4.26. The quantitative estimate of drug-likeness (QED) is 0.599. The molecule has 0 aliphatic carbocycles. The molecule has 0 aliphatic rings. The molecule has 0 saturated heterocycles. The third kappa shape index (κ3) is 5.53. The van der Waals surface area contributed by atoms with Gasteiger partial charge in [0, 0.05) is 0 Å². The van der Waals surface area contributed by atoms with Gasteiger partial charge in [0.15, 0.2) is 0 Å². The molecule has 0 aliphatic heterocycles. The Morgan fingerprint density at radius 2 is 1.90 bits per heavy atom. The van der Waals surface area contributed by atoms with E-state index in [0.717, 1.165) is 12.2 Å². The van der Waals surface area contributed by atoms with Crippen LogP contribution in [-0.4, -0.2) is 46.4 Å². The highest BCUT2D eigenvalue weighted by Crippen LogP contribution is 2.10. The van der Waals surface area contributed by atoms with Crippen molar-refractivity contribution in [1.82, 2.24) is 5.32 Å². The Labute approximate surface area is 124 Å². The Morgan fingerprint density at radius 3 is 2.45 bits per heavy atom. The summed E-state index contributed by atoms with van der Waals surface area (Å²) in [6, 6.07) is 10.1. The van der Waals surface area contributed by atoms with E-state index in [1.165, 1.54) is 5.56 Å². The van der Waals surface area contributed by atoms with Gasteiger partial charge in [0.2, 0.25) is 5.91 Å². The Bertz CT molecular complexity index is 385. The first-order valence-electron chi connectivity index (χ1n) is 6.80. The molecule has 0 heterocycles. The number of thioether (sulfide) groups is 1. The van der Waals surface area contributed by atoms with Crippen LogP contribution in [0.25, 0.3) is 0 Å². The van der Waals surface area contributed by atoms with Gasteiger partial charge in [-0.2, -0.15) is 11.8 Å². The van der Waals surface area contributed by atoms with E-state index in [-0.39, 0.29) is 19.1 Å². The molecule has 1 aromatic rings. The summed E-state index contributed by atoms with van der Waals surface area (Å²) in [7, 11) is 0. The Balaban J connectivity index is 2.26. The minimum atomic E-state index is -0.892. The van der Waals surface area contributed by atoms with Crippen molar-refractivity contribution in [3.8, 4) is 0 Å². The van der Waals surface area contributed by atoms with Gasteiger partial charge in [-0.05, 0) is 24.2 Å². The van der Waals surface area contributed by atoms with Crippen LogP contribution < -0.4 is 5.32 Å². The summed E-state index contributed by atoms with van der Waals surface area (Å²) in [5.74, 6) is 1.07. The van der Waals surface area contributed by atoms with Crippen LogP contribution in [0.1, 0.15) is 18.9 Å². The van der Waals surface area contributed by atoms with E-state index < -0.39 is 5.54 Å². The van der Waals surface area contributed by atoms with Crippen LogP contribution in [0.3, 0.4) is 0 Å². The highest BCUT2D eigenvalue weighted by Gasteiger charge is 2.28. The summed E-state index contributed by atoms with van der Waals surface area (Å²) < 4.78 is 0.